The summed E-state index contributed by atoms with van der Waals surface area (Å²) < 4.78 is 22.3. The molecule has 9 atom stereocenters. The molecule has 6 fully saturated rings. The number of carbonyl (C=O) groups excluding carboxylic acids is 1. The van der Waals surface area contributed by atoms with Gasteiger partial charge in [-0.25, -0.2) is 0 Å². The van der Waals surface area contributed by atoms with Crippen LogP contribution in [0.2, 0.25) is 0 Å². The molecule has 6 aliphatic rings. The van der Waals surface area contributed by atoms with E-state index in [4.69, 9.17) is 8.37 Å². The minimum Gasteiger partial charge on any atom is -0.392 e. The van der Waals surface area contributed by atoms with Crippen LogP contribution in [0.1, 0.15) is 44.9 Å². The summed E-state index contributed by atoms with van der Waals surface area (Å²) in [5.41, 5.74) is -0.135. The third-order valence-electron chi connectivity index (χ3n) is 8.79. The molecule has 6 heteroatoms. The molecule has 6 aliphatic carbocycles. The van der Waals surface area contributed by atoms with Crippen LogP contribution < -0.4 is 0 Å². The Bertz CT molecular complexity index is 692. The lowest BCUT2D eigenvalue weighted by Gasteiger charge is -2.66. The lowest BCUT2D eigenvalue weighted by molar-refractivity contribution is -0.208. The molecule has 6 rings (SSSR count). The van der Waals surface area contributed by atoms with Crippen LogP contribution in [0.5, 0.6) is 0 Å². The van der Waals surface area contributed by atoms with E-state index in [1.165, 1.54) is 13.5 Å². The molecule has 0 saturated heterocycles. The fourth-order valence-electron chi connectivity index (χ4n) is 7.51. The van der Waals surface area contributed by atoms with E-state index in [1.807, 2.05) is 0 Å². The molecule has 0 heterocycles. The summed E-state index contributed by atoms with van der Waals surface area (Å²) in [5.74, 6) is 2.21. The second-order valence-electron chi connectivity index (χ2n) is 9.34. The van der Waals surface area contributed by atoms with Gasteiger partial charge in [0.2, 0.25) is 0 Å². The fourth-order valence-corrected chi connectivity index (χ4v) is 7.92. The summed E-state index contributed by atoms with van der Waals surface area (Å²) >= 11 is -1.75. The van der Waals surface area contributed by atoms with Gasteiger partial charge in [0.05, 0.1) is 25.2 Å². The minimum atomic E-state index is -1.75. The lowest BCUT2D eigenvalue weighted by atomic mass is 9.38. The quantitative estimate of drug-likeness (QED) is 0.759. The van der Waals surface area contributed by atoms with Crippen LogP contribution in [0.3, 0.4) is 0 Å². The Morgan fingerprint density at radius 1 is 1.27 bits per heavy atom. The molecule has 26 heavy (non-hydrogen) atoms. The van der Waals surface area contributed by atoms with Gasteiger partial charge < -0.3 is 5.11 Å². The van der Waals surface area contributed by atoms with Crippen molar-refractivity contribution in [2.45, 2.75) is 51.0 Å². The zero-order valence-corrected chi connectivity index (χ0v) is 16.1. The number of carbonyl (C=O) groups is 1. The number of hydrogen-bond acceptors (Lipinski definition) is 5. The number of Topliss-reactive ketones (excluding diaryl/α,β-unsaturated/α-hetero) is 1. The number of hydrogen-bond donors (Lipinski definition) is 1. The van der Waals surface area contributed by atoms with Crippen molar-refractivity contribution < 1.29 is 22.5 Å². The normalized spacial score (nSPS) is 52.8. The highest BCUT2D eigenvalue weighted by Gasteiger charge is 2.72. The molecule has 0 aromatic carbocycles. The molecule has 2 bridgehead atoms. The first kappa shape index (κ1) is 17.5. The van der Waals surface area contributed by atoms with Crippen LogP contribution in [0.15, 0.2) is 12.2 Å². The summed E-state index contributed by atoms with van der Waals surface area (Å²) in [5, 5.41) is 11.2. The summed E-state index contributed by atoms with van der Waals surface area (Å²) in [6, 6.07) is 0. The predicted molar refractivity (Wildman–Crippen MR) is 95.9 cm³/mol. The van der Waals surface area contributed by atoms with E-state index < -0.39 is 22.9 Å². The molecule has 144 valence electrons. The van der Waals surface area contributed by atoms with Gasteiger partial charge in [-0.2, -0.15) is 4.21 Å². The molecular weight excluding hydrogens is 352 g/mol. The van der Waals surface area contributed by atoms with Gasteiger partial charge in [-0.1, -0.05) is 6.58 Å². The maximum absolute atomic E-state index is 13.3. The van der Waals surface area contributed by atoms with Crippen molar-refractivity contribution in [3.05, 3.63) is 12.2 Å². The number of aliphatic hydroxyl groups is 1. The second-order valence-corrected chi connectivity index (χ2v) is 10.3. The van der Waals surface area contributed by atoms with Gasteiger partial charge in [0.25, 0.3) is 0 Å². The standard InChI is InChI=1S/C20H28O5S/c1-11-12-4-6-20(18(11)22)16(8-12)19(10-25-26(23)24-2)5-3-13-7-14(13)15(19)9-17(20)21/h12-17,21H,1,3-10H2,2H3. The molecule has 0 radical (unpaired) electrons. The first-order chi connectivity index (χ1) is 12.4. The van der Waals surface area contributed by atoms with Crippen molar-refractivity contribution in [2.24, 2.45) is 40.4 Å². The van der Waals surface area contributed by atoms with E-state index in [-0.39, 0.29) is 23.0 Å². The van der Waals surface area contributed by atoms with Gasteiger partial charge in [-0.3, -0.25) is 13.2 Å². The van der Waals surface area contributed by atoms with Gasteiger partial charge in [0.1, 0.15) is 0 Å². The van der Waals surface area contributed by atoms with Gasteiger partial charge in [-0.15, -0.1) is 0 Å². The summed E-state index contributed by atoms with van der Waals surface area (Å²) in [6.07, 6.45) is 6.12. The monoisotopic (exact) mass is 380 g/mol. The second kappa shape index (κ2) is 5.72. The molecule has 9 unspecified atom stereocenters. The van der Waals surface area contributed by atoms with Gasteiger partial charge >= 0.3 is 11.4 Å². The van der Waals surface area contributed by atoms with Crippen LogP contribution in [-0.4, -0.2) is 34.9 Å². The highest BCUT2D eigenvalue weighted by Crippen LogP contribution is 2.73. The van der Waals surface area contributed by atoms with Crippen molar-refractivity contribution in [3.63, 3.8) is 0 Å². The SMILES string of the molecule is C=C1C(=O)C23CCC1CC2C1(COS(=O)OC)CCC2CC2C1CC3O. The van der Waals surface area contributed by atoms with Gasteiger partial charge in [0.15, 0.2) is 5.78 Å². The number of fused-ring (bicyclic) bond motifs is 5. The Morgan fingerprint density at radius 3 is 2.85 bits per heavy atom. The lowest BCUT2D eigenvalue weighted by Crippen LogP contribution is -2.68. The summed E-state index contributed by atoms with van der Waals surface area (Å²) in [7, 11) is 1.38. The van der Waals surface area contributed by atoms with Gasteiger partial charge in [-0.05, 0) is 80.1 Å². The van der Waals surface area contributed by atoms with Gasteiger partial charge in [0, 0.05) is 5.41 Å². The van der Waals surface area contributed by atoms with Crippen molar-refractivity contribution in [1.82, 2.24) is 0 Å². The molecule has 1 N–H and O–H groups in total. The Balaban J connectivity index is 1.58. The number of rotatable bonds is 4. The van der Waals surface area contributed by atoms with E-state index in [9.17, 15) is 14.1 Å². The predicted octanol–water partition coefficient (Wildman–Crippen LogP) is 2.57. The molecule has 1 spiro atoms. The molecule has 0 aromatic heterocycles. The molecule has 0 aliphatic heterocycles. The van der Waals surface area contributed by atoms with Crippen LogP contribution in [0.25, 0.3) is 0 Å². The fraction of sp³-hybridized carbons (Fsp3) is 0.850. The van der Waals surface area contributed by atoms with E-state index in [0.29, 0.717) is 24.9 Å². The molecular formula is C20H28O5S. The molecule has 5 nitrogen and oxygen atoms in total. The Morgan fingerprint density at radius 2 is 2.08 bits per heavy atom. The van der Waals surface area contributed by atoms with Crippen molar-refractivity contribution in [3.8, 4) is 0 Å². The maximum Gasteiger partial charge on any atom is 0.304 e. The van der Waals surface area contributed by atoms with Crippen LogP contribution in [-0.2, 0) is 24.5 Å². The summed E-state index contributed by atoms with van der Waals surface area (Å²) in [6.45, 7) is 4.44. The van der Waals surface area contributed by atoms with E-state index >= 15 is 0 Å². The van der Waals surface area contributed by atoms with Crippen LogP contribution in [0.4, 0.5) is 0 Å². The largest absolute Gasteiger partial charge is 0.392 e. The maximum atomic E-state index is 13.3. The van der Waals surface area contributed by atoms with Crippen LogP contribution in [0, 0.1) is 40.4 Å². The highest BCUT2D eigenvalue weighted by molar-refractivity contribution is 7.75. The Hall–Kier alpha value is -0.560. The van der Waals surface area contributed by atoms with Crippen molar-refractivity contribution in [2.75, 3.05) is 13.7 Å². The zero-order valence-electron chi connectivity index (χ0n) is 15.3. The Labute approximate surface area is 157 Å². The average Bonchev–Trinajstić information content (AvgIpc) is 3.44. The average molecular weight is 381 g/mol. The topological polar surface area (TPSA) is 72.8 Å². The highest BCUT2D eigenvalue weighted by atomic mass is 32.2. The number of ketones is 1. The van der Waals surface area contributed by atoms with E-state index in [0.717, 1.165) is 43.6 Å². The van der Waals surface area contributed by atoms with Crippen LogP contribution >= 0.6 is 0 Å². The van der Waals surface area contributed by atoms with E-state index in [1.54, 1.807) is 0 Å². The van der Waals surface area contributed by atoms with E-state index in [2.05, 4.69) is 6.58 Å². The summed E-state index contributed by atoms with van der Waals surface area (Å²) in [4.78, 5) is 13.3. The minimum absolute atomic E-state index is 0.0982. The van der Waals surface area contributed by atoms with Crippen molar-refractivity contribution in [1.29, 1.82) is 0 Å². The van der Waals surface area contributed by atoms with Crippen molar-refractivity contribution >= 4 is 17.1 Å². The molecule has 0 aromatic rings. The Kier molecular flexibility index (Phi) is 3.86. The number of allylic oxidation sites excluding steroid dienone is 1. The number of aliphatic hydroxyl groups excluding tert-OH is 1. The smallest absolute Gasteiger partial charge is 0.304 e. The molecule has 6 saturated carbocycles. The third kappa shape index (κ3) is 2.07. The first-order valence-corrected chi connectivity index (χ1v) is 10.9. The zero-order chi connectivity index (χ0) is 18.3. The first-order valence-electron chi connectivity index (χ1n) is 9.95. The third-order valence-corrected chi connectivity index (χ3v) is 9.38. The molecule has 0 amide bonds.